The molecule has 0 atom stereocenters. The van der Waals surface area contributed by atoms with Crippen LogP contribution >= 0.6 is 0 Å². The van der Waals surface area contributed by atoms with E-state index in [2.05, 4.69) is 37.9 Å². The maximum absolute atomic E-state index is 3.75. The summed E-state index contributed by atoms with van der Waals surface area (Å²) in [5, 5.41) is 3.75. The molecule has 0 unspecified atom stereocenters. The largest absolute Gasteiger partial charge is 0.316 e. The second kappa shape index (κ2) is 7.97. The summed E-state index contributed by atoms with van der Waals surface area (Å²) in [5.74, 6) is 1.95. The minimum absolute atomic E-state index is 0.542. The molecule has 2 saturated carbocycles. The summed E-state index contributed by atoms with van der Waals surface area (Å²) < 4.78 is 0. The monoisotopic (exact) mass is 294 g/mol. The maximum atomic E-state index is 3.75. The van der Waals surface area contributed by atoms with Gasteiger partial charge in [-0.2, -0.15) is 0 Å². The van der Waals surface area contributed by atoms with Gasteiger partial charge in [-0.05, 0) is 69.7 Å². The van der Waals surface area contributed by atoms with Gasteiger partial charge in [-0.15, -0.1) is 0 Å². The van der Waals surface area contributed by atoms with Crippen molar-refractivity contribution in [1.82, 2.24) is 10.2 Å². The van der Waals surface area contributed by atoms with Gasteiger partial charge in [0.1, 0.15) is 0 Å². The lowest BCUT2D eigenvalue weighted by atomic mass is 9.70. The van der Waals surface area contributed by atoms with E-state index in [4.69, 9.17) is 0 Å². The Hall–Kier alpha value is -0.0800. The van der Waals surface area contributed by atoms with Gasteiger partial charge in [0.15, 0.2) is 0 Å². The summed E-state index contributed by atoms with van der Waals surface area (Å²) >= 11 is 0. The molecule has 0 aromatic heterocycles. The Labute approximate surface area is 133 Å². The van der Waals surface area contributed by atoms with Gasteiger partial charge in [0, 0.05) is 25.7 Å². The van der Waals surface area contributed by atoms with Crippen molar-refractivity contribution in [3.63, 3.8) is 0 Å². The summed E-state index contributed by atoms with van der Waals surface area (Å²) in [6, 6.07) is 0.702. The molecule has 124 valence electrons. The Bertz CT molecular complexity index is 288. The SMILES string of the molecule is CCCNCC1(CN(CC2CC2)C(C)C)CCC(C)CC1. The Morgan fingerprint density at radius 3 is 2.33 bits per heavy atom. The zero-order chi connectivity index (χ0) is 15.3. The van der Waals surface area contributed by atoms with Gasteiger partial charge in [-0.25, -0.2) is 0 Å². The molecule has 0 saturated heterocycles. The molecule has 0 aliphatic heterocycles. The van der Waals surface area contributed by atoms with E-state index in [1.165, 1.54) is 71.1 Å². The first-order valence-corrected chi connectivity index (χ1v) is 9.49. The Morgan fingerprint density at radius 2 is 1.81 bits per heavy atom. The van der Waals surface area contributed by atoms with E-state index in [1.54, 1.807) is 0 Å². The van der Waals surface area contributed by atoms with E-state index in [-0.39, 0.29) is 0 Å². The van der Waals surface area contributed by atoms with Gasteiger partial charge < -0.3 is 10.2 Å². The lowest BCUT2D eigenvalue weighted by Gasteiger charge is -2.44. The molecule has 0 amide bonds. The molecular weight excluding hydrogens is 256 g/mol. The first kappa shape index (κ1) is 17.3. The Balaban J connectivity index is 1.95. The fraction of sp³-hybridized carbons (Fsp3) is 1.00. The fourth-order valence-corrected chi connectivity index (χ4v) is 3.82. The van der Waals surface area contributed by atoms with Crippen LogP contribution in [0.25, 0.3) is 0 Å². The summed E-state index contributed by atoms with van der Waals surface area (Å²) in [5.41, 5.74) is 0.542. The molecule has 2 heteroatoms. The van der Waals surface area contributed by atoms with Gasteiger partial charge in [-0.3, -0.25) is 0 Å². The first-order valence-electron chi connectivity index (χ1n) is 9.49. The number of hydrogen-bond acceptors (Lipinski definition) is 2. The summed E-state index contributed by atoms with van der Waals surface area (Å²) in [6.07, 6.45) is 9.93. The van der Waals surface area contributed by atoms with Crippen molar-refractivity contribution < 1.29 is 0 Å². The second-order valence-electron chi connectivity index (χ2n) is 8.33. The topological polar surface area (TPSA) is 15.3 Å². The minimum atomic E-state index is 0.542. The van der Waals surface area contributed by atoms with E-state index in [1.807, 2.05) is 0 Å². The van der Waals surface area contributed by atoms with Crippen molar-refractivity contribution in [3.05, 3.63) is 0 Å². The first-order chi connectivity index (χ1) is 10.0. The van der Waals surface area contributed by atoms with Crippen LogP contribution in [0, 0.1) is 17.3 Å². The average molecular weight is 295 g/mol. The molecule has 2 aliphatic rings. The average Bonchev–Trinajstić information content (AvgIpc) is 3.26. The van der Waals surface area contributed by atoms with Crippen molar-refractivity contribution >= 4 is 0 Å². The van der Waals surface area contributed by atoms with Crippen molar-refractivity contribution in [2.24, 2.45) is 17.3 Å². The smallest absolute Gasteiger partial charge is 0.00530 e. The van der Waals surface area contributed by atoms with Gasteiger partial charge >= 0.3 is 0 Å². The lowest BCUT2D eigenvalue weighted by molar-refractivity contribution is 0.0678. The van der Waals surface area contributed by atoms with Crippen LogP contribution in [0.1, 0.15) is 72.6 Å². The summed E-state index contributed by atoms with van der Waals surface area (Å²) in [4.78, 5) is 2.79. The highest BCUT2D eigenvalue weighted by Crippen LogP contribution is 2.40. The van der Waals surface area contributed by atoms with E-state index in [0.29, 0.717) is 11.5 Å². The highest BCUT2D eigenvalue weighted by molar-refractivity contribution is 4.91. The quantitative estimate of drug-likeness (QED) is 0.638. The molecule has 0 aromatic rings. The summed E-state index contributed by atoms with van der Waals surface area (Å²) in [6.45, 7) is 14.6. The standard InChI is InChI=1S/C19H38N2/c1-5-12-20-14-19(10-8-17(4)9-11-19)15-21(16(2)3)13-18-6-7-18/h16-18,20H,5-15H2,1-4H3. The molecule has 0 radical (unpaired) electrons. The molecule has 1 N–H and O–H groups in total. The normalized spacial score (nSPS) is 30.3. The van der Waals surface area contributed by atoms with E-state index < -0.39 is 0 Å². The van der Waals surface area contributed by atoms with E-state index >= 15 is 0 Å². The zero-order valence-electron chi connectivity index (χ0n) is 15.0. The van der Waals surface area contributed by atoms with Crippen LogP contribution in [0.3, 0.4) is 0 Å². The Morgan fingerprint density at radius 1 is 1.14 bits per heavy atom. The molecule has 0 aromatic carbocycles. The number of nitrogens with one attached hydrogen (secondary N) is 1. The van der Waals surface area contributed by atoms with Crippen LogP contribution in [-0.2, 0) is 0 Å². The third kappa shape index (κ3) is 5.56. The molecular formula is C19H38N2. The summed E-state index contributed by atoms with van der Waals surface area (Å²) in [7, 11) is 0. The van der Waals surface area contributed by atoms with Crippen LogP contribution in [0.4, 0.5) is 0 Å². The maximum Gasteiger partial charge on any atom is 0.00530 e. The van der Waals surface area contributed by atoms with Crippen LogP contribution in [-0.4, -0.2) is 37.1 Å². The van der Waals surface area contributed by atoms with Gasteiger partial charge in [0.05, 0.1) is 0 Å². The van der Waals surface area contributed by atoms with Crippen LogP contribution in [0.2, 0.25) is 0 Å². The van der Waals surface area contributed by atoms with Crippen molar-refractivity contribution in [2.45, 2.75) is 78.7 Å². The van der Waals surface area contributed by atoms with Gasteiger partial charge in [0.25, 0.3) is 0 Å². The van der Waals surface area contributed by atoms with Crippen molar-refractivity contribution in [1.29, 1.82) is 0 Å². The third-order valence-corrected chi connectivity index (χ3v) is 5.72. The highest BCUT2D eigenvalue weighted by atomic mass is 15.2. The fourth-order valence-electron chi connectivity index (χ4n) is 3.82. The van der Waals surface area contributed by atoms with Gasteiger partial charge in [0.2, 0.25) is 0 Å². The van der Waals surface area contributed by atoms with Crippen LogP contribution in [0.5, 0.6) is 0 Å². The second-order valence-corrected chi connectivity index (χ2v) is 8.33. The van der Waals surface area contributed by atoms with Gasteiger partial charge in [-0.1, -0.05) is 26.7 Å². The Kier molecular flexibility index (Phi) is 6.55. The molecule has 2 nitrogen and oxygen atoms in total. The number of hydrogen-bond donors (Lipinski definition) is 1. The predicted octanol–water partition coefficient (Wildman–Crippen LogP) is 4.30. The van der Waals surface area contributed by atoms with E-state index in [9.17, 15) is 0 Å². The molecule has 2 aliphatic carbocycles. The van der Waals surface area contributed by atoms with Crippen LogP contribution in [0.15, 0.2) is 0 Å². The lowest BCUT2D eigenvalue weighted by Crippen LogP contribution is -2.48. The molecule has 0 heterocycles. The minimum Gasteiger partial charge on any atom is -0.316 e. The highest BCUT2D eigenvalue weighted by Gasteiger charge is 2.37. The van der Waals surface area contributed by atoms with Crippen LogP contribution < -0.4 is 5.32 Å². The predicted molar refractivity (Wildman–Crippen MR) is 92.7 cm³/mol. The molecule has 21 heavy (non-hydrogen) atoms. The third-order valence-electron chi connectivity index (χ3n) is 5.72. The van der Waals surface area contributed by atoms with Crippen molar-refractivity contribution in [3.8, 4) is 0 Å². The molecule has 2 fully saturated rings. The zero-order valence-corrected chi connectivity index (χ0v) is 15.0. The van der Waals surface area contributed by atoms with E-state index in [0.717, 1.165) is 11.8 Å². The number of rotatable bonds is 9. The molecule has 0 spiro atoms. The molecule has 0 bridgehead atoms. The number of nitrogens with zero attached hydrogens (tertiary/aromatic N) is 1. The molecule has 2 rings (SSSR count). The van der Waals surface area contributed by atoms with Crippen molar-refractivity contribution in [2.75, 3.05) is 26.2 Å².